The summed E-state index contributed by atoms with van der Waals surface area (Å²) in [7, 11) is -7.64. The Hall–Kier alpha value is -0.810. The van der Waals surface area contributed by atoms with Gasteiger partial charge in [-0.05, 0) is 6.42 Å². The molecule has 0 amide bonds. The van der Waals surface area contributed by atoms with E-state index in [2.05, 4.69) is 0 Å². The molecule has 216 valence electrons. The first-order valence-corrected chi connectivity index (χ1v) is 9.72. The van der Waals surface area contributed by atoms with Crippen molar-refractivity contribution in [2.24, 2.45) is 0 Å². The topological polar surface area (TPSA) is 77.5 Å². The van der Waals surface area contributed by atoms with E-state index in [0.29, 0.717) is 0 Å². The molecule has 37 heavy (non-hydrogen) atoms. The van der Waals surface area contributed by atoms with Crippen molar-refractivity contribution >= 4 is 16.0 Å². The second kappa shape index (κ2) is 10.6. The van der Waals surface area contributed by atoms with Crippen molar-refractivity contribution in [1.82, 2.24) is 4.31 Å². The number of carboxylic acids is 1. The van der Waals surface area contributed by atoms with Gasteiger partial charge in [0.25, 0.3) is 10.0 Å². The molecule has 0 unspecified atom stereocenters. The monoisotopic (exact) mass is 621 g/mol. The van der Waals surface area contributed by atoms with Crippen LogP contribution in [0.3, 0.4) is 0 Å². The van der Waals surface area contributed by atoms with Crippen LogP contribution in [0, 0.1) is 0 Å². The minimum Gasteiger partial charge on any atom is -0.549 e. The van der Waals surface area contributed by atoms with Gasteiger partial charge < -0.3 is 9.90 Å². The molecule has 0 bridgehead atoms. The molecule has 0 spiro atoms. The molecule has 0 aromatic rings. The summed E-state index contributed by atoms with van der Waals surface area (Å²) in [6.07, 6.45) is -8.72. The normalized spacial score (nSPS) is 15.5. The summed E-state index contributed by atoms with van der Waals surface area (Å²) in [6, 6.07) is 0. The van der Waals surface area contributed by atoms with Gasteiger partial charge in [0, 0.05) is 6.54 Å². The van der Waals surface area contributed by atoms with Crippen LogP contribution in [-0.2, 0) is 14.8 Å². The Labute approximate surface area is 216 Å². The molecule has 0 saturated carbocycles. The van der Waals surface area contributed by atoms with E-state index >= 15 is 0 Å². The van der Waals surface area contributed by atoms with E-state index in [9.17, 15) is 93.0 Å². The molecule has 0 saturated heterocycles. The van der Waals surface area contributed by atoms with E-state index in [-0.39, 0.29) is 29.6 Å². The molecule has 0 N–H and O–H groups in total. The summed E-state index contributed by atoms with van der Waals surface area (Å²) in [5.41, 5.74) is 0. The molecular formula is C13H9F17NNaO4S. The average molecular weight is 621 g/mol. The molecule has 0 atom stereocenters. The Morgan fingerprint density at radius 3 is 1.22 bits per heavy atom. The van der Waals surface area contributed by atoms with E-state index in [1.165, 1.54) is 0 Å². The molecule has 5 nitrogen and oxygen atoms in total. The molecule has 24 heteroatoms. The van der Waals surface area contributed by atoms with Gasteiger partial charge in [-0.15, -0.1) is 0 Å². The van der Waals surface area contributed by atoms with E-state index in [0.717, 1.165) is 6.92 Å². The molecule has 0 radical (unpaired) electrons. The van der Waals surface area contributed by atoms with E-state index in [4.69, 9.17) is 0 Å². The maximum Gasteiger partial charge on any atom is 1.00 e. The summed E-state index contributed by atoms with van der Waals surface area (Å²) in [5, 5.41) is 2.62. The predicted molar refractivity (Wildman–Crippen MR) is 76.5 cm³/mol. The minimum absolute atomic E-state index is 0. The molecule has 0 rings (SSSR count). The number of rotatable bonds is 12. The minimum atomic E-state index is -8.95. The molecule has 0 aliphatic rings. The van der Waals surface area contributed by atoms with Crippen LogP contribution in [0.1, 0.15) is 13.3 Å². The van der Waals surface area contributed by atoms with Crippen LogP contribution in [0.25, 0.3) is 0 Å². The zero-order valence-electron chi connectivity index (χ0n) is 17.5. The van der Waals surface area contributed by atoms with Crippen molar-refractivity contribution in [3.63, 3.8) is 0 Å². The van der Waals surface area contributed by atoms with Crippen LogP contribution in [0.2, 0.25) is 0 Å². The number of carboxylic acid groups (broad SMARTS) is 1. The Balaban J connectivity index is 0. The van der Waals surface area contributed by atoms with Crippen LogP contribution < -0.4 is 34.7 Å². The van der Waals surface area contributed by atoms with Crippen molar-refractivity contribution in [3.8, 4) is 0 Å². The molecule has 0 heterocycles. The summed E-state index contributed by atoms with van der Waals surface area (Å²) in [6.45, 7) is -3.15. The zero-order chi connectivity index (χ0) is 29.8. The number of hydrogen-bond donors (Lipinski definition) is 0. The number of alkyl halides is 17. The number of nitrogens with zero attached hydrogens (tertiary/aromatic N) is 1. The third kappa shape index (κ3) is 5.47. The number of carbonyl (C=O) groups is 1. The van der Waals surface area contributed by atoms with Gasteiger partial charge in [0.1, 0.15) is 0 Å². The number of hydrogen-bond acceptors (Lipinski definition) is 4. The number of halogens is 17. The number of sulfonamides is 1. The first kappa shape index (κ1) is 38.3. The van der Waals surface area contributed by atoms with E-state index in [1.807, 2.05) is 0 Å². The van der Waals surface area contributed by atoms with Gasteiger partial charge in [-0.2, -0.15) is 78.9 Å². The first-order valence-electron chi connectivity index (χ1n) is 8.28. The van der Waals surface area contributed by atoms with Crippen molar-refractivity contribution < 1.29 is 123 Å². The van der Waals surface area contributed by atoms with E-state index < -0.39 is 86.8 Å². The van der Waals surface area contributed by atoms with Gasteiger partial charge in [0.15, 0.2) is 0 Å². The van der Waals surface area contributed by atoms with Crippen molar-refractivity contribution in [3.05, 3.63) is 0 Å². The van der Waals surface area contributed by atoms with Gasteiger partial charge in [-0.1, -0.05) is 6.92 Å². The first-order chi connectivity index (χ1) is 15.4. The molecule has 0 fully saturated rings. The maximum absolute atomic E-state index is 14.0. The third-order valence-corrected chi connectivity index (χ3v) is 6.03. The molecule has 0 aliphatic carbocycles. The van der Waals surface area contributed by atoms with Crippen LogP contribution >= 0.6 is 0 Å². The quantitative estimate of drug-likeness (QED) is 0.238. The molecule has 0 aromatic heterocycles. The molecular weight excluding hydrogens is 612 g/mol. The number of carbonyl (C=O) groups excluding carboxylic acids is 1. The SMILES string of the molecule is CCCN(CC(=O)[O-])S(=O)(=O)C(F)(F)C(F)(F)C(F)(F)C(F)(F)C(F)(F)C(F)(F)C(F)(F)C(F)(F)F.[Na+]. The predicted octanol–water partition coefficient (Wildman–Crippen LogP) is 0.749. The maximum atomic E-state index is 14.0. The largest absolute Gasteiger partial charge is 1.00 e. The van der Waals surface area contributed by atoms with Gasteiger partial charge >= 0.3 is 76.5 Å². The summed E-state index contributed by atoms with van der Waals surface area (Å²) >= 11 is 0. The van der Waals surface area contributed by atoms with Gasteiger partial charge in [0.05, 0.1) is 12.5 Å². The Bertz CT molecular complexity index is 934. The Kier molecular flexibility index (Phi) is 11.0. The van der Waals surface area contributed by atoms with Crippen LogP contribution in [-0.4, -0.2) is 78.7 Å². The Morgan fingerprint density at radius 2 is 0.946 bits per heavy atom. The summed E-state index contributed by atoms with van der Waals surface area (Å²) in [4.78, 5) is 10.4. The fourth-order valence-electron chi connectivity index (χ4n) is 2.15. The number of aliphatic carboxylic acids is 1. The van der Waals surface area contributed by atoms with Gasteiger partial charge in [-0.3, -0.25) is 0 Å². The summed E-state index contributed by atoms with van der Waals surface area (Å²) in [5.74, 6) is -55.0. The Morgan fingerprint density at radius 1 is 0.649 bits per heavy atom. The van der Waals surface area contributed by atoms with Crippen molar-refractivity contribution in [2.75, 3.05) is 13.1 Å². The second-order valence-electron chi connectivity index (χ2n) is 6.67. The van der Waals surface area contributed by atoms with Gasteiger partial charge in [0.2, 0.25) is 0 Å². The molecule has 0 aromatic carbocycles. The smallest absolute Gasteiger partial charge is 0.549 e. The third-order valence-electron chi connectivity index (χ3n) is 4.14. The standard InChI is InChI=1S/C13H10F17NO4S.Na/c1-2-3-31(4-5(32)33)36(34,35)13(29,30)11(24,25)9(20,21)7(16,17)6(14,15)8(18,19)10(22,23)12(26,27)28;/h2-4H2,1H3,(H,32,33);/q;+1/p-1. The zero-order valence-corrected chi connectivity index (χ0v) is 20.4. The van der Waals surface area contributed by atoms with Gasteiger partial charge in [-0.25, -0.2) is 8.42 Å². The van der Waals surface area contributed by atoms with Crippen LogP contribution in [0.15, 0.2) is 0 Å². The van der Waals surface area contributed by atoms with Crippen LogP contribution in [0.4, 0.5) is 74.6 Å². The van der Waals surface area contributed by atoms with Crippen molar-refractivity contribution in [2.45, 2.75) is 60.3 Å². The van der Waals surface area contributed by atoms with Crippen LogP contribution in [0.5, 0.6) is 0 Å². The fourth-order valence-corrected chi connectivity index (χ4v) is 3.63. The fraction of sp³-hybridized carbons (Fsp3) is 0.923. The molecule has 0 aliphatic heterocycles. The second-order valence-corrected chi connectivity index (χ2v) is 8.65. The van der Waals surface area contributed by atoms with Crippen molar-refractivity contribution in [1.29, 1.82) is 0 Å². The summed E-state index contributed by atoms with van der Waals surface area (Å²) < 4.78 is 247. The van der Waals surface area contributed by atoms with E-state index in [1.54, 1.807) is 0 Å². The average Bonchev–Trinajstić information content (AvgIpc) is 2.65.